The number of nitrogens with one attached hydrogen (secondary N) is 1. The summed E-state index contributed by atoms with van der Waals surface area (Å²) in [6, 6.07) is 18.1. The number of hydrogen-bond acceptors (Lipinski definition) is 3. The molecular weight excluding hydrogens is 250 g/mol. The fraction of sp³-hybridized carbons (Fsp3) is 0.294. The molecule has 20 heavy (non-hydrogen) atoms. The van der Waals surface area contributed by atoms with E-state index in [9.17, 15) is 5.11 Å². The fourth-order valence-electron chi connectivity index (χ4n) is 2.19. The van der Waals surface area contributed by atoms with Crippen LogP contribution in [-0.4, -0.2) is 18.3 Å². The van der Waals surface area contributed by atoms with Crippen molar-refractivity contribution >= 4 is 5.69 Å². The van der Waals surface area contributed by atoms with Crippen LogP contribution in [0.1, 0.15) is 24.9 Å². The Labute approximate surface area is 120 Å². The molecule has 2 atom stereocenters. The number of aliphatic hydroxyl groups excluding tert-OH is 1. The average Bonchev–Trinajstić information content (AvgIpc) is 2.48. The Morgan fingerprint density at radius 3 is 2.25 bits per heavy atom. The summed E-state index contributed by atoms with van der Waals surface area (Å²) in [5.74, 6) is 0.835. The van der Waals surface area contributed by atoms with Crippen molar-refractivity contribution in [1.82, 2.24) is 0 Å². The molecule has 1 unspecified atom stereocenters. The summed E-state index contributed by atoms with van der Waals surface area (Å²) in [7, 11) is 1.66. The van der Waals surface area contributed by atoms with E-state index in [1.54, 1.807) is 7.11 Å². The van der Waals surface area contributed by atoms with E-state index in [-0.39, 0.29) is 12.1 Å². The molecule has 0 fully saturated rings. The summed E-state index contributed by atoms with van der Waals surface area (Å²) in [5.41, 5.74) is 2.18. The van der Waals surface area contributed by atoms with Crippen LogP contribution in [0, 0.1) is 0 Å². The van der Waals surface area contributed by atoms with Crippen molar-refractivity contribution in [3.05, 3.63) is 60.2 Å². The normalized spacial score (nSPS) is 13.6. The summed E-state index contributed by atoms with van der Waals surface area (Å²) in [4.78, 5) is 0. The van der Waals surface area contributed by atoms with Gasteiger partial charge in [0, 0.05) is 5.69 Å². The van der Waals surface area contributed by atoms with Crippen LogP contribution in [0.5, 0.6) is 5.75 Å². The minimum Gasteiger partial charge on any atom is -0.497 e. The van der Waals surface area contributed by atoms with Crippen LogP contribution in [0.4, 0.5) is 5.69 Å². The molecule has 0 bridgehead atoms. The summed E-state index contributed by atoms with van der Waals surface area (Å²) in [6.07, 6.45) is 0.307. The largest absolute Gasteiger partial charge is 0.497 e. The Bertz CT molecular complexity index is 508. The van der Waals surface area contributed by atoms with Gasteiger partial charge in [0.15, 0.2) is 0 Å². The lowest BCUT2D eigenvalue weighted by Gasteiger charge is -2.22. The van der Waals surface area contributed by atoms with Crippen molar-refractivity contribution in [1.29, 1.82) is 0 Å². The fourth-order valence-corrected chi connectivity index (χ4v) is 2.19. The van der Waals surface area contributed by atoms with E-state index in [2.05, 4.69) is 17.4 Å². The maximum Gasteiger partial charge on any atom is 0.119 e. The maximum absolute atomic E-state index is 9.68. The third kappa shape index (κ3) is 4.00. The lowest BCUT2D eigenvalue weighted by molar-refractivity contribution is 0.177. The monoisotopic (exact) mass is 271 g/mol. The first kappa shape index (κ1) is 14.4. The van der Waals surface area contributed by atoms with Gasteiger partial charge in [-0.1, -0.05) is 30.3 Å². The average molecular weight is 271 g/mol. The number of rotatable bonds is 6. The van der Waals surface area contributed by atoms with E-state index < -0.39 is 0 Å². The second kappa shape index (κ2) is 6.96. The standard InChI is InChI=1S/C17H21NO2/c1-13(19)12-17(14-6-4-3-5-7-14)18-15-8-10-16(20-2)11-9-15/h3-11,13,17-19H,12H2,1-2H3/t13?,17-/m0/s1. The molecule has 0 aliphatic rings. The molecule has 0 radical (unpaired) electrons. The summed E-state index contributed by atoms with van der Waals surface area (Å²) in [6.45, 7) is 1.81. The van der Waals surface area contributed by atoms with Crippen LogP contribution in [0.2, 0.25) is 0 Å². The van der Waals surface area contributed by atoms with E-state index in [1.165, 1.54) is 5.56 Å². The molecule has 0 heterocycles. The molecule has 0 aliphatic carbocycles. The Kier molecular flexibility index (Phi) is 5.02. The van der Waals surface area contributed by atoms with Crippen LogP contribution in [0.25, 0.3) is 0 Å². The predicted molar refractivity (Wildman–Crippen MR) is 82.1 cm³/mol. The van der Waals surface area contributed by atoms with Gasteiger partial charge in [0.05, 0.1) is 19.3 Å². The van der Waals surface area contributed by atoms with Crippen LogP contribution >= 0.6 is 0 Å². The highest BCUT2D eigenvalue weighted by molar-refractivity contribution is 5.48. The molecule has 2 N–H and O–H groups in total. The van der Waals surface area contributed by atoms with Crippen LogP contribution in [-0.2, 0) is 0 Å². The first-order chi connectivity index (χ1) is 9.69. The van der Waals surface area contributed by atoms with E-state index in [4.69, 9.17) is 4.74 Å². The first-order valence-electron chi connectivity index (χ1n) is 6.82. The van der Waals surface area contributed by atoms with E-state index in [0.717, 1.165) is 11.4 Å². The third-order valence-electron chi connectivity index (χ3n) is 3.21. The van der Waals surface area contributed by atoms with E-state index in [0.29, 0.717) is 6.42 Å². The second-order valence-corrected chi connectivity index (χ2v) is 4.92. The van der Waals surface area contributed by atoms with Gasteiger partial charge in [0.25, 0.3) is 0 Å². The topological polar surface area (TPSA) is 41.5 Å². The van der Waals surface area contributed by atoms with Crippen molar-refractivity contribution in [2.75, 3.05) is 12.4 Å². The Balaban J connectivity index is 2.14. The van der Waals surface area contributed by atoms with Gasteiger partial charge in [-0.2, -0.15) is 0 Å². The predicted octanol–water partition coefficient (Wildman–Crippen LogP) is 3.62. The Hall–Kier alpha value is -2.00. The molecular formula is C17H21NO2. The van der Waals surface area contributed by atoms with Crippen molar-refractivity contribution < 1.29 is 9.84 Å². The van der Waals surface area contributed by atoms with E-state index >= 15 is 0 Å². The van der Waals surface area contributed by atoms with Crippen molar-refractivity contribution in [3.63, 3.8) is 0 Å². The van der Waals surface area contributed by atoms with Gasteiger partial charge >= 0.3 is 0 Å². The van der Waals surface area contributed by atoms with Gasteiger partial charge in [-0.25, -0.2) is 0 Å². The molecule has 3 nitrogen and oxygen atoms in total. The molecule has 2 aromatic rings. The van der Waals surface area contributed by atoms with Gasteiger partial charge in [0.2, 0.25) is 0 Å². The lowest BCUT2D eigenvalue weighted by atomic mass is 10.0. The third-order valence-corrected chi connectivity index (χ3v) is 3.21. The number of aliphatic hydroxyl groups is 1. The van der Waals surface area contributed by atoms with Crippen molar-refractivity contribution in [2.45, 2.75) is 25.5 Å². The molecule has 0 saturated carbocycles. The Morgan fingerprint density at radius 1 is 1.05 bits per heavy atom. The first-order valence-corrected chi connectivity index (χ1v) is 6.82. The zero-order valence-electron chi connectivity index (χ0n) is 11.9. The number of methoxy groups -OCH3 is 1. The molecule has 106 valence electrons. The SMILES string of the molecule is COc1ccc(N[C@@H](CC(C)O)c2ccccc2)cc1. The number of hydrogen-bond donors (Lipinski definition) is 2. The van der Waals surface area contributed by atoms with Gasteiger partial charge in [-0.15, -0.1) is 0 Å². The minimum absolute atomic E-state index is 0.0876. The smallest absolute Gasteiger partial charge is 0.119 e. The van der Waals surface area contributed by atoms with Gasteiger partial charge in [-0.3, -0.25) is 0 Å². The molecule has 2 rings (SSSR count). The molecule has 0 aromatic heterocycles. The number of anilines is 1. The summed E-state index contributed by atoms with van der Waals surface area (Å²) >= 11 is 0. The quantitative estimate of drug-likeness (QED) is 0.843. The van der Waals surface area contributed by atoms with Crippen LogP contribution < -0.4 is 10.1 Å². The molecule has 0 aliphatic heterocycles. The second-order valence-electron chi connectivity index (χ2n) is 4.92. The van der Waals surface area contributed by atoms with Crippen LogP contribution in [0.3, 0.4) is 0 Å². The Morgan fingerprint density at radius 2 is 1.70 bits per heavy atom. The summed E-state index contributed by atoms with van der Waals surface area (Å²) < 4.78 is 5.16. The van der Waals surface area contributed by atoms with Crippen molar-refractivity contribution in [3.8, 4) is 5.75 Å². The number of benzene rings is 2. The summed E-state index contributed by atoms with van der Waals surface area (Å²) in [5, 5.41) is 13.1. The zero-order valence-corrected chi connectivity index (χ0v) is 11.9. The molecule has 2 aromatic carbocycles. The molecule has 0 saturated heterocycles. The minimum atomic E-state index is -0.356. The van der Waals surface area contributed by atoms with Gasteiger partial charge < -0.3 is 15.2 Å². The van der Waals surface area contributed by atoms with Gasteiger partial charge in [0.1, 0.15) is 5.75 Å². The lowest BCUT2D eigenvalue weighted by Crippen LogP contribution is -2.16. The highest BCUT2D eigenvalue weighted by Crippen LogP contribution is 2.25. The molecule has 0 spiro atoms. The van der Waals surface area contributed by atoms with E-state index in [1.807, 2.05) is 49.4 Å². The highest BCUT2D eigenvalue weighted by atomic mass is 16.5. The van der Waals surface area contributed by atoms with Crippen molar-refractivity contribution in [2.24, 2.45) is 0 Å². The molecule has 3 heteroatoms. The molecule has 0 amide bonds. The maximum atomic E-state index is 9.68. The van der Waals surface area contributed by atoms with Crippen LogP contribution in [0.15, 0.2) is 54.6 Å². The highest BCUT2D eigenvalue weighted by Gasteiger charge is 2.13. The van der Waals surface area contributed by atoms with Gasteiger partial charge in [-0.05, 0) is 43.2 Å². The number of ether oxygens (including phenoxy) is 1. The zero-order chi connectivity index (χ0) is 14.4.